The number of hydrogen-bond donors (Lipinski definition) is 1. The molecule has 0 aromatic carbocycles. The Morgan fingerprint density at radius 3 is 2.39 bits per heavy atom. The van der Waals surface area contributed by atoms with Gasteiger partial charge in [-0.2, -0.15) is 0 Å². The number of sulfone groups is 1. The third kappa shape index (κ3) is 5.12. The number of anilines is 2. The van der Waals surface area contributed by atoms with Crippen molar-refractivity contribution in [2.24, 2.45) is 11.7 Å². The number of primary amides is 1. The molecule has 1 unspecified atom stereocenters. The first kappa shape index (κ1) is 26.9. The van der Waals surface area contributed by atoms with Crippen LogP contribution in [0, 0.1) is 5.92 Å². The monoisotopic (exact) mass is 540 g/mol. The van der Waals surface area contributed by atoms with Gasteiger partial charge in [-0.05, 0) is 57.2 Å². The molecule has 2 N–H and O–H groups in total. The van der Waals surface area contributed by atoms with Crippen molar-refractivity contribution < 1.29 is 13.2 Å². The van der Waals surface area contributed by atoms with Crippen LogP contribution in [0.1, 0.15) is 69.7 Å². The summed E-state index contributed by atoms with van der Waals surface area (Å²) < 4.78 is 27.8. The minimum absolute atomic E-state index is 0.0667. The minimum atomic E-state index is -4.12. The number of amides is 1. The number of hydrogen-bond acceptors (Lipinski definition) is 8. The highest BCUT2D eigenvalue weighted by atomic mass is 32.2. The average molecular weight is 541 g/mol. The zero-order valence-electron chi connectivity index (χ0n) is 22.8. The Morgan fingerprint density at radius 2 is 1.76 bits per heavy atom. The van der Waals surface area contributed by atoms with Crippen LogP contribution in [-0.4, -0.2) is 73.5 Å². The molecular weight excluding hydrogens is 500 g/mol. The summed E-state index contributed by atoms with van der Waals surface area (Å²) in [6.45, 7) is 10.5. The summed E-state index contributed by atoms with van der Waals surface area (Å²) in [4.78, 5) is 28.3. The van der Waals surface area contributed by atoms with Gasteiger partial charge in [0, 0.05) is 50.5 Å². The van der Waals surface area contributed by atoms with Gasteiger partial charge < -0.3 is 15.5 Å². The fraction of sp³-hybridized carbons (Fsp3) is 0.607. The summed E-state index contributed by atoms with van der Waals surface area (Å²) >= 11 is 0. The lowest BCUT2D eigenvalue weighted by atomic mass is 9.94. The molecule has 1 amide bonds. The molecule has 38 heavy (non-hydrogen) atoms. The molecule has 1 saturated carbocycles. The van der Waals surface area contributed by atoms with E-state index in [0.29, 0.717) is 30.1 Å². The molecule has 9 nitrogen and oxygen atoms in total. The zero-order chi connectivity index (χ0) is 27.1. The Kier molecular flexibility index (Phi) is 7.39. The molecule has 206 valence electrons. The molecule has 4 heterocycles. The summed E-state index contributed by atoms with van der Waals surface area (Å²) in [5, 5.41) is -0.0848. The number of nitrogens with two attached hydrogens (primary N) is 1. The van der Waals surface area contributed by atoms with Crippen LogP contribution >= 0.6 is 0 Å². The zero-order valence-corrected chi connectivity index (χ0v) is 23.6. The molecule has 3 aliphatic rings. The van der Waals surface area contributed by atoms with Crippen LogP contribution in [-0.2, 0) is 9.84 Å². The van der Waals surface area contributed by atoms with Gasteiger partial charge in [0.1, 0.15) is 17.2 Å². The lowest BCUT2D eigenvalue weighted by molar-refractivity contribution is 0.0997. The first-order valence-electron chi connectivity index (χ1n) is 13.9. The van der Waals surface area contributed by atoms with Crippen molar-refractivity contribution in [3.63, 3.8) is 0 Å². The number of pyridine rings is 2. The fourth-order valence-electron chi connectivity index (χ4n) is 6.66. The quantitative estimate of drug-likeness (QED) is 0.593. The molecule has 2 aromatic heterocycles. The Balaban J connectivity index is 1.42. The van der Waals surface area contributed by atoms with Crippen LogP contribution in [0.2, 0.25) is 0 Å². The second-order valence-electron chi connectivity index (χ2n) is 11.8. The first-order valence-corrected chi connectivity index (χ1v) is 15.3. The van der Waals surface area contributed by atoms with Crippen molar-refractivity contribution in [3.8, 4) is 0 Å². The van der Waals surface area contributed by atoms with Crippen molar-refractivity contribution in [2.45, 2.75) is 80.8 Å². The van der Waals surface area contributed by atoms with Crippen molar-refractivity contribution in [2.75, 3.05) is 42.5 Å². The number of carbonyl (C=O) groups is 1. The maximum absolute atomic E-state index is 13.9. The number of rotatable bonds is 6. The van der Waals surface area contributed by atoms with Crippen LogP contribution in [0.3, 0.4) is 0 Å². The lowest BCUT2D eigenvalue weighted by Crippen LogP contribution is -2.51. The summed E-state index contributed by atoms with van der Waals surface area (Å²) in [6, 6.07) is 7.10. The van der Waals surface area contributed by atoms with Gasteiger partial charge in [-0.3, -0.25) is 9.69 Å². The molecule has 2 aliphatic heterocycles. The lowest BCUT2D eigenvalue weighted by Gasteiger charge is -2.41. The van der Waals surface area contributed by atoms with Crippen LogP contribution in [0.15, 0.2) is 40.4 Å². The van der Waals surface area contributed by atoms with E-state index in [9.17, 15) is 13.2 Å². The molecular formula is C28H40N6O3S. The van der Waals surface area contributed by atoms with Crippen LogP contribution in [0.25, 0.3) is 0 Å². The highest BCUT2D eigenvalue weighted by Gasteiger charge is 2.40. The minimum Gasteiger partial charge on any atom is -0.365 e. The largest absolute Gasteiger partial charge is 0.365 e. The molecule has 2 aromatic rings. The smallest absolute Gasteiger partial charge is 0.253 e. The van der Waals surface area contributed by atoms with Crippen molar-refractivity contribution in [1.82, 2.24) is 14.9 Å². The number of aromatic nitrogens is 2. The average Bonchev–Trinajstić information content (AvgIpc) is 3.20. The predicted molar refractivity (Wildman–Crippen MR) is 148 cm³/mol. The van der Waals surface area contributed by atoms with E-state index in [1.165, 1.54) is 50.4 Å². The molecule has 2 saturated heterocycles. The molecule has 0 bridgehead atoms. The maximum atomic E-state index is 13.9. The van der Waals surface area contributed by atoms with Crippen LogP contribution < -0.4 is 15.5 Å². The third-order valence-electron chi connectivity index (χ3n) is 8.47. The van der Waals surface area contributed by atoms with Gasteiger partial charge in [0.05, 0.1) is 4.90 Å². The molecule has 5 rings (SSSR count). The standard InChI is InChI=1S/C28H40N6O3S/c1-20-18-28(2,3)34(19-20)27-25(26(29)35)22(12-13-30-27)38(36,37)24-11-7-10-23(31-24)33-16-14-32(15-17-33)21-8-5-4-6-9-21/h7,10-13,20-21H,4-6,8-9,14-19H2,1-3H3,(H2,29,35). The molecule has 0 radical (unpaired) electrons. The summed E-state index contributed by atoms with van der Waals surface area (Å²) in [5.41, 5.74) is 5.45. The van der Waals surface area contributed by atoms with Crippen LogP contribution in [0.4, 0.5) is 11.6 Å². The van der Waals surface area contributed by atoms with Crippen molar-refractivity contribution in [3.05, 3.63) is 36.0 Å². The van der Waals surface area contributed by atoms with E-state index in [-0.39, 0.29) is 21.0 Å². The third-order valence-corrected chi connectivity index (χ3v) is 10.2. The second-order valence-corrected chi connectivity index (χ2v) is 13.6. The topological polar surface area (TPSA) is 113 Å². The number of piperazine rings is 1. The van der Waals surface area contributed by atoms with Gasteiger partial charge >= 0.3 is 0 Å². The second kappa shape index (κ2) is 10.4. The van der Waals surface area contributed by atoms with E-state index in [2.05, 4.69) is 40.5 Å². The number of nitrogens with zero attached hydrogens (tertiary/aromatic N) is 5. The fourth-order valence-corrected chi connectivity index (χ4v) is 8.06. The van der Waals surface area contributed by atoms with E-state index >= 15 is 0 Å². The van der Waals surface area contributed by atoms with Gasteiger partial charge in [0.2, 0.25) is 9.84 Å². The molecule has 0 spiro atoms. The predicted octanol–water partition coefficient (Wildman–Crippen LogP) is 3.49. The van der Waals surface area contributed by atoms with Crippen molar-refractivity contribution >= 4 is 27.4 Å². The van der Waals surface area contributed by atoms with E-state index in [0.717, 1.165) is 32.6 Å². The maximum Gasteiger partial charge on any atom is 0.253 e. The molecule has 10 heteroatoms. The Bertz CT molecular complexity index is 1280. The SMILES string of the molecule is CC1CN(c2nccc(S(=O)(=O)c3cccc(N4CCN(C5CCCCC5)CC4)n3)c2C(N)=O)C(C)(C)C1. The summed E-state index contributed by atoms with van der Waals surface area (Å²) in [5.74, 6) is 0.531. The van der Waals surface area contributed by atoms with E-state index in [4.69, 9.17) is 5.73 Å². The Morgan fingerprint density at radius 1 is 1.05 bits per heavy atom. The molecule has 1 aliphatic carbocycles. The highest BCUT2D eigenvalue weighted by molar-refractivity contribution is 7.91. The van der Waals surface area contributed by atoms with Gasteiger partial charge in [0.15, 0.2) is 5.03 Å². The summed E-state index contributed by atoms with van der Waals surface area (Å²) in [7, 11) is -4.12. The first-order chi connectivity index (χ1) is 18.1. The Labute approximate surface area is 226 Å². The van der Waals surface area contributed by atoms with Crippen LogP contribution in [0.5, 0.6) is 0 Å². The normalized spacial score (nSPS) is 23.1. The summed E-state index contributed by atoms with van der Waals surface area (Å²) in [6.07, 6.45) is 8.86. The van der Waals surface area contributed by atoms with E-state index < -0.39 is 15.7 Å². The molecule has 3 fully saturated rings. The van der Waals surface area contributed by atoms with Gasteiger partial charge in [-0.15, -0.1) is 0 Å². The van der Waals surface area contributed by atoms with E-state index in [1.807, 2.05) is 11.0 Å². The van der Waals surface area contributed by atoms with E-state index in [1.54, 1.807) is 6.07 Å². The molecule has 1 atom stereocenters. The van der Waals surface area contributed by atoms with Gasteiger partial charge in [0.25, 0.3) is 5.91 Å². The van der Waals surface area contributed by atoms with Gasteiger partial charge in [-0.25, -0.2) is 18.4 Å². The van der Waals surface area contributed by atoms with Crippen molar-refractivity contribution in [1.29, 1.82) is 0 Å². The number of carbonyl (C=O) groups excluding carboxylic acids is 1. The highest BCUT2D eigenvalue weighted by Crippen LogP contribution is 2.39. The Hall–Kier alpha value is -2.72. The van der Waals surface area contributed by atoms with Gasteiger partial charge in [-0.1, -0.05) is 32.3 Å².